The lowest BCUT2D eigenvalue weighted by molar-refractivity contribution is -0.125. The summed E-state index contributed by atoms with van der Waals surface area (Å²) in [4.78, 5) is 27.1. The van der Waals surface area contributed by atoms with Gasteiger partial charge in [-0.15, -0.1) is 0 Å². The summed E-state index contributed by atoms with van der Waals surface area (Å²) in [7, 11) is 0. The molecule has 0 saturated heterocycles. The van der Waals surface area contributed by atoms with Gasteiger partial charge in [-0.3, -0.25) is 9.59 Å². The average molecular weight is 475 g/mol. The zero-order valence-corrected chi connectivity index (χ0v) is 20.5. The van der Waals surface area contributed by atoms with E-state index >= 15 is 0 Å². The molecule has 0 aliphatic carbocycles. The highest BCUT2D eigenvalue weighted by molar-refractivity contribution is 6.01. The second kappa shape index (κ2) is 10.5. The van der Waals surface area contributed by atoms with Crippen molar-refractivity contribution in [1.29, 1.82) is 0 Å². The van der Waals surface area contributed by atoms with E-state index in [1.807, 2.05) is 63.2 Å². The minimum atomic E-state index is -0.604. The van der Waals surface area contributed by atoms with Gasteiger partial charge < -0.3 is 24.4 Å². The molecule has 1 aliphatic heterocycles. The van der Waals surface area contributed by atoms with E-state index in [9.17, 15) is 9.59 Å². The first kappa shape index (κ1) is 24.1. The largest absolute Gasteiger partial charge is 0.492 e. The predicted molar refractivity (Wildman–Crippen MR) is 136 cm³/mol. The molecule has 1 heterocycles. The Morgan fingerprint density at radius 2 is 1.80 bits per heavy atom. The number of hydrogen-bond donors (Lipinski definition) is 1. The van der Waals surface area contributed by atoms with Crippen molar-refractivity contribution in [3.8, 4) is 17.2 Å². The maximum Gasteiger partial charge on any atom is 0.267 e. The zero-order valence-electron chi connectivity index (χ0n) is 20.5. The molecule has 7 heteroatoms. The molecule has 1 N–H and O–H groups in total. The second-order valence-corrected chi connectivity index (χ2v) is 8.70. The van der Waals surface area contributed by atoms with E-state index in [4.69, 9.17) is 14.2 Å². The quantitative estimate of drug-likeness (QED) is 0.506. The molecular formula is C28H30N2O5. The Morgan fingerprint density at radius 1 is 1.00 bits per heavy atom. The Bertz CT molecular complexity index is 1240. The Morgan fingerprint density at radius 3 is 2.60 bits per heavy atom. The molecule has 35 heavy (non-hydrogen) atoms. The zero-order chi connectivity index (χ0) is 24.9. The molecule has 1 unspecified atom stereocenters. The molecule has 0 bridgehead atoms. The monoisotopic (exact) mass is 474 g/mol. The highest BCUT2D eigenvalue weighted by Crippen LogP contribution is 2.36. The van der Waals surface area contributed by atoms with Crippen LogP contribution in [0.3, 0.4) is 0 Å². The van der Waals surface area contributed by atoms with Gasteiger partial charge in [0.15, 0.2) is 12.7 Å². The van der Waals surface area contributed by atoms with Crippen LogP contribution in [0.2, 0.25) is 0 Å². The molecule has 0 fully saturated rings. The number of rotatable bonds is 8. The van der Waals surface area contributed by atoms with Crippen molar-refractivity contribution in [2.45, 2.75) is 33.8 Å². The number of carbonyl (C=O) groups is 2. The Labute approximate surface area is 205 Å². The van der Waals surface area contributed by atoms with Crippen molar-refractivity contribution in [3.63, 3.8) is 0 Å². The SMILES string of the molecule is Cc1cccc(OCCN2C(=O)C(C)Oc3ccc(NC(=O)COc4cc(C)ccc4C)cc32)c1. The maximum atomic E-state index is 12.9. The first-order valence-corrected chi connectivity index (χ1v) is 11.6. The van der Waals surface area contributed by atoms with E-state index in [-0.39, 0.29) is 18.4 Å². The summed E-state index contributed by atoms with van der Waals surface area (Å²) in [5, 5.41) is 2.84. The predicted octanol–water partition coefficient (Wildman–Crippen LogP) is 4.82. The molecule has 0 spiro atoms. The van der Waals surface area contributed by atoms with Crippen LogP contribution in [-0.2, 0) is 9.59 Å². The number of nitrogens with one attached hydrogen (secondary N) is 1. The number of amides is 2. The number of anilines is 2. The summed E-state index contributed by atoms with van der Waals surface area (Å²) in [5.74, 6) is 1.56. The van der Waals surface area contributed by atoms with Gasteiger partial charge in [0.25, 0.3) is 11.8 Å². The number of nitrogens with zero attached hydrogens (tertiary/aromatic N) is 1. The first-order valence-electron chi connectivity index (χ1n) is 11.6. The van der Waals surface area contributed by atoms with Gasteiger partial charge >= 0.3 is 0 Å². The molecule has 0 radical (unpaired) electrons. The van der Waals surface area contributed by atoms with Gasteiger partial charge in [-0.25, -0.2) is 0 Å². The van der Waals surface area contributed by atoms with E-state index in [1.165, 1.54) is 0 Å². The van der Waals surface area contributed by atoms with E-state index in [2.05, 4.69) is 5.32 Å². The third-order valence-electron chi connectivity index (χ3n) is 5.73. The maximum absolute atomic E-state index is 12.9. The van der Waals surface area contributed by atoms with E-state index in [0.29, 0.717) is 36.0 Å². The van der Waals surface area contributed by atoms with Crippen molar-refractivity contribution < 1.29 is 23.8 Å². The molecule has 0 saturated carbocycles. The second-order valence-electron chi connectivity index (χ2n) is 8.70. The number of carbonyl (C=O) groups excluding carboxylic acids is 2. The van der Waals surface area contributed by atoms with Crippen LogP contribution in [0.15, 0.2) is 60.7 Å². The lowest BCUT2D eigenvalue weighted by Gasteiger charge is -2.33. The molecule has 1 atom stereocenters. The molecular weight excluding hydrogens is 444 g/mol. The third kappa shape index (κ3) is 5.93. The van der Waals surface area contributed by atoms with Gasteiger partial charge in [-0.2, -0.15) is 0 Å². The Kier molecular flexibility index (Phi) is 7.25. The number of fused-ring (bicyclic) bond motifs is 1. The normalized spacial score (nSPS) is 14.7. The first-order chi connectivity index (χ1) is 16.8. The van der Waals surface area contributed by atoms with E-state index in [0.717, 1.165) is 22.4 Å². The topological polar surface area (TPSA) is 77.1 Å². The van der Waals surface area contributed by atoms with Gasteiger partial charge in [0, 0.05) is 5.69 Å². The smallest absolute Gasteiger partial charge is 0.267 e. The van der Waals surface area contributed by atoms with Crippen LogP contribution in [0, 0.1) is 20.8 Å². The van der Waals surface area contributed by atoms with E-state index in [1.54, 1.807) is 30.0 Å². The third-order valence-corrected chi connectivity index (χ3v) is 5.73. The summed E-state index contributed by atoms with van der Waals surface area (Å²) >= 11 is 0. The van der Waals surface area contributed by atoms with Crippen molar-refractivity contribution in [3.05, 3.63) is 77.4 Å². The summed E-state index contributed by atoms with van der Waals surface area (Å²) in [6.07, 6.45) is -0.604. The molecule has 2 amide bonds. The number of hydrogen-bond acceptors (Lipinski definition) is 5. The summed E-state index contributed by atoms with van der Waals surface area (Å²) in [6, 6.07) is 18.9. The number of ether oxygens (including phenoxy) is 3. The lowest BCUT2D eigenvalue weighted by atomic mass is 10.1. The summed E-state index contributed by atoms with van der Waals surface area (Å²) in [6.45, 7) is 8.18. The standard InChI is InChI=1S/C28H30N2O5/c1-18-6-5-7-23(14-18)33-13-12-30-24-16-22(10-11-25(24)35-21(4)28(30)32)29-27(31)17-34-26-15-19(2)8-9-20(26)3/h5-11,14-16,21H,12-13,17H2,1-4H3,(H,29,31). The minimum Gasteiger partial charge on any atom is -0.492 e. The fourth-order valence-corrected chi connectivity index (χ4v) is 3.88. The van der Waals surface area contributed by atoms with Gasteiger partial charge in [-0.1, -0.05) is 24.3 Å². The molecule has 1 aliphatic rings. The Balaban J connectivity index is 1.42. The van der Waals surface area contributed by atoms with Gasteiger partial charge in [0.05, 0.1) is 12.2 Å². The average Bonchev–Trinajstić information content (AvgIpc) is 2.82. The van der Waals surface area contributed by atoms with Crippen LogP contribution in [0.4, 0.5) is 11.4 Å². The van der Waals surface area contributed by atoms with Gasteiger partial charge in [0.2, 0.25) is 0 Å². The van der Waals surface area contributed by atoms with Crippen molar-refractivity contribution in [2.24, 2.45) is 0 Å². The highest BCUT2D eigenvalue weighted by atomic mass is 16.5. The van der Waals surface area contributed by atoms with Crippen LogP contribution >= 0.6 is 0 Å². The fourth-order valence-electron chi connectivity index (χ4n) is 3.88. The lowest BCUT2D eigenvalue weighted by Crippen LogP contribution is -2.46. The highest BCUT2D eigenvalue weighted by Gasteiger charge is 2.31. The van der Waals surface area contributed by atoms with Crippen LogP contribution in [0.25, 0.3) is 0 Å². The molecule has 3 aromatic carbocycles. The fraction of sp³-hybridized carbons (Fsp3) is 0.286. The van der Waals surface area contributed by atoms with Gasteiger partial charge in [0.1, 0.15) is 23.9 Å². The molecule has 0 aromatic heterocycles. The van der Waals surface area contributed by atoms with Crippen LogP contribution in [-0.4, -0.2) is 37.7 Å². The van der Waals surface area contributed by atoms with Crippen molar-refractivity contribution in [2.75, 3.05) is 30.0 Å². The van der Waals surface area contributed by atoms with Crippen molar-refractivity contribution >= 4 is 23.2 Å². The summed E-state index contributed by atoms with van der Waals surface area (Å²) in [5.41, 5.74) is 4.27. The molecule has 7 nitrogen and oxygen atoms in total. The Hall–Kier alpha value is -4.00. The minimum absolute atomic E-state index is 0.123. The summed E-state index contributed by atoms with van der Waals surface area (Å²) < 4.78 is 17.3. The number of aryl methyl sites for hydroxylation is 3. The van der Waals surface area contributed by atoms with Gasteiger partial charge in [-0.05, 0) is 80.8 Å². The van der Waals surface area contributed by atoms with Crippen LogP contribution in [0.1, 0.15) is 23.6 Å². The van der Waals surface area contributed by atoms with Crippen LogP contribution < -0.4 is 24.4 Å². The molecule has 4 rings (SSSR count). The van der Waals surface area contributed by atoms with Crippen LogP contribution in [0.5, 0.6) is 17.2 Å². The molecule has 3 aromatic rings. The van der Waals surface area contributed by atoms with Crippen molar-refractivity contribution in [1.82, 2.24) is 0 Å². The van der Waals surface area contributed by atoms with E-state index < -0.39 is 6.10 Å². The number of benzene rings is 3. The molecule has 182 valence electrons.